The van der Waals surface area contributed by atoms with Gasteiger partial charge >= 0.3 is 0 Å². The minimum atomic E-state index is 0.488. The molecule has 116 valence electrons. The zero-order chi connectivity index (χ0) is 16.3. The Kier molecular flexibility index (Phi) is 6.62. The molecule has 0 heterocycles. The van der Waals surface area contributed by atoms with Crippen molar-refractivity contribution in [1.82, 2.24) is 0 Å². The Labute approximate surface area is 137 Å². The molecule has 23 heavy (non-hydrogen) atoms. The normalized spacial score (nSPS) is 10.8. The van der Waals surface area contributed by atoms with Crippen molar-refractivity contribution in [1.29, 1.82) is 5.26 Å². The zero-order valence-electron chi connectivity index (χ0n) is 13.1. The van der Waals surface area contributed by atoms with Gasteiger partial charge in [-0.1, -0.05) is 53.7 Å². The molecule has 2 aromatic carbocycles. The van der Waals surface area contributed by atoms with Gasteiger partial charge in [-0.25, -0.2) is 0 Å². The Morgan fingerprint density at radius 1 is 1.09 bits per heavy atom. The van der Waals surface area contributed by atoms with Crippen LogP contribution in [0.1, 0.15) is 30.4 Å². The molecule has 0 unspecified atom stereocenters. The number of aryl methyl sites for hydroxylation is 1. The molecular formula is C20H20N2O. The molecule has 2 aromatic rings. The first kappa shape index (κ1) is 16.5. The van der Waals surface area contributed by atoms with Crippen LogP contribution in [0.25, 0.3) is 0 Å². The van der Waals surface area contributed by atoms with Gasteiger partial charge in [-0.3, -0.25) is 0 Å². The van der Waals surface area contributed by atoms with Crippen LogP contribution in [0.3, 0.4) is 0 Å². The minimum absolute atomic E-state index is 0.488. The van der Waals surface area contributed by atoms with Crippen LogP contribution >= 0.6 is 0 Å². The Balaban J connectivity index is 2.04. The van der Waals surface area contributed by atoms with Crippen LogP contribution in [0.15, 0.2) is 72.4 Å². The van der Waals surface area contributed by atoms with E-state index in [4.69, 9.17) is 10.1 Å². The SMILES string of the molecule is C=CCC/C(CCc1ccccc1)=N\Oc1ccccc1C#N. The summed E-state index contributed by atoms with van der Waals surface area (Å²) in [6.07, 6.45) is 5.29. The smallest absolute Gasteiger partial charge is 0.175 e. The summed E-state index contributed by atoms with van der Waals surface area (Å²) in [4.78, 5) is 5.51. The van der Waals surface area contributed by atoms with Crippen LogP contribution in [0.4, 0.5) is 0 Å². The first-order valence-corrected chi connectivity index (χ1v) is 7.70. The van der Waals surface area contributed by atoms with Crippen LogP contribution in [0.5, 0.6) is 5.75 Å². The Bertz CT molecular complexity index is 699. The van der Waals surface area contributed by atoms with Crippen LogP contribution in [0.2, 0.25) is 0 Å². The van der Waals surface area contributed by atoms with Crippen molar-refractivity contribution < 1.29 is 4.84 Å². The monoisotopic (exact) mass is 304 g/mol. The average Bonchev–Trinajstić information content (AvgIpc) is 2.62. The zero-order valence-corrected chi connectivity index (χ0v) is 13.1. The van der Waals surface area contributed by atoms with E-state index in [1.165, 1.54) is 5.56 Å². The van der Waals surface area contributed by atoms with Gasteiger partial charge in [0, 0.05) is 0 Å². The second-order valence-electron chi connectivity index (χ2n) is 5.17. The fourth-order valence-corrected chi connectivity index (χ4v) is 2.17. The fourth-order valence-electron chi connectivity index (χ4n) is 2.17. The lowest BCUT2D eigenvalue weighted by atomic mass is 10.0. The van der Waals surface area contributed by atoms with Crippen LogP contribution in [-0.4, -0.2) is 5.71 Å². The topological polar surface area (TPSA) is 45.4 Å². The van der Waals surface area contributed by atoms with Gasteiger partial charge in [0.05, 0.1) is 11.3 Å². The summed E-state index contributed by atoms with van der Waals surface area (Å²) >= 11 is 0. The molecule has 0 saturated carbocycles. The molecule has 0 atom stereocenters. The van der Waals surface area contributed by atoms with Crippen molar-refractivity contribution in [3.8, 4) is 11.8 Å². The van der Waals surface area contributed by atoms with E-state index >= 15 is 0 Å². The van der Waals surface area contributed by atoms with Crippen LogP contribution in [-0.2, 0) is 6.42 Å². The second kappa shape index (κ2) is 9.22. The average molecular weight is 304 g/mol. The molecule has 0 saturated heterocycles. The lowest BCUT2D eigenvalue weighted by Gasteiger charge is -2.07. The van der Waals surface area contributed by atoms with Gasteiger partial charge < -0.3 is 4.84 Å². The molecule has 0 aliphatic carbocycles. The number of hydrogen-bond donors (Lipinski definition) is 0. The summed E-state index contributed by atoms with van der Waals surface area (Å²) in [5.74, 6) is 0.491. The van der Waals surface area contributed by atoms with E-state index in [1.54, 1.807) is 12.1 Å². The molecule has 0 fully saturated rings. The van der Waals surface area contributed by atoms with Crippen molar-refractivity contribution in [3.05, 3.63) is 78.4 Å². The minimum Gasteiger partial charge on any atom is -0.356 e. The summed E-state index contributed by atoms with van der Waals surface area (Å²) in [5, 5.41) is 13.4. The molecule has 0 amide bonds. The number of hydrogen-bond acceptors (Lipinski definition) is 3. The van der Waals surface area contributed by atoms with Crippen molar-refractivity contribution >= 4 is 5.71 Å². The van der Waals surface area contributed by atoms with Crippen molar-refractivity contribution in [2.45, 2.75) is 25.7 Å². The third kappa shape index (κ3) is 5.44. The maximum atomic E-state index is 9.09. The maximum absolute atomic E-state index is 9.09. The Hall–Kier alpha value is -2.86. The number of rotatable bonds is 8. The molecular weight excluding hydrogens is 284 g/mol. The van der Waals surface area contributed by atoms with Crippen LogP contribution < -0.4 is 4.84 Å². The molecule has 3 heteroatoms. The van der Waals surface area contributed by atoms with E-state index in [9.17, 15) is 0 Å². The van der Waals surface area contributed by atoms with Gasteiger partial charge in [-0.15, -0.1) is 6.58 Å². The van der Waals surface area contributed by atoms with Gasteiger partial charge in [0.15, 0.2) is 5.75 Å². The van der Waals surface area contributed by atoms with Gasteiger partial charge in [0.2, 0.25) is 0 Å². The maximum Gasteiger partial charge on any atom is 0.175 e. The van der Waals surface area contributed by atoms with E-state index in [0.29, 0.717) is 11.3 Å². The van der Waals surface area contributed by atoms with Gasteiger partial charge in [0.25, 0.3) is 0 Å². The third-order valence-electron chi connectivity index (χ3n) is 3.46. The second-order valence-corrected chi connectivity index (χ2v) is 5.17. The molecule has 0 aliphatic heterocycles. The van der Waals surface area contributed by atoms with Gasteiger partial charge in [0.1, 0.15) is 6.07 Å². The number of benzene rings is 2. The summed E-state index contributed by atoms with van der Waals surface area (Å²) in [6.45, 7) is 3.76. The van der Waals surface area contributed by atoms with Crippen molar-refractivity contribution in [2.24, 2.45) is 5.16 Å². The standard InChI is InChI=1S/C20H20N2O/c1-2-3-12-19(15-14-17-9-5-4-6-10-17)22-23-20-13-8-7-11-18(20)16-21/h2,4-11,13H,1,3,12,14-15H2/b22-19+. The first-order chi connectivity index (χ1) is 11.3. The highest BCUT2D eigenvalue weighted by Crippen LogP contribution is 2.17. The molecule has 0 aromatic heterocycles. The Morgan fingerprint density at radius 2 is 1.83 bits per heavy atom. The molecule has 0 spiro atoms. The molecule has 0 N–H and O–H groups in total. The van der Waals surface area contributed by atoms with E-state index < -0.39 is 0 Å². The lowest BCUT2D eigenvalue weighted by Crippen LogP contribution is -2.03. The number of nitrogens with zero attached hydrogens (tertiary/aromatic N) is 2. The van der Waals surface area contributed by atoms with E-state index in [1.807, 2.05) is 36.4 Å². The molecule has 3 nitrogen and oxygen atoms in total. The third-order valence-corrected chi connectivity index (χ3v) is 3.46. The molecule has 2 rings (SSSR count). The first-order valence-electron chi connectivity index (χ1n) is 7.70. The molecule has 0 radical (unpaired) electrons. The Morgan fingerprint density at radius 3 is 2.57 bits per heavy atom. The van der Waals surface area contributed by atoms with Crippen LogP contribution in [0, 0.1) is 11.3 Å². The predicted molar refractivity (Wildman–Crippen MR) is 93.4 cm³/mol. The van der Waals surface area contributed by atoms with E-state index in [-0.39, 0.29) is 0 Å². The van der Waals surface area contributed by atoms with Crippen molar-refractivity contribution in [2.75, 3.05) is 0 Å². The number of allylic oxidation sites excluding steroid dienone is 1. The summed E-state index contributed by atoms with van der Waals surface area (Å²) in [7, 11) is 0. The number of nitriles is 1. The van der Waals surface area contributed by atoms with E-state index in [0.717, 1.165) is 31.4 Å². The van der Waals surface area contributed by atoms with Crippen molar-refractivity contribution in [3.63, 3.8) is 0 Å². The molecule has 0 aliphatic rings. The van der Waals surface area contributed by atoms with Gasteiger partial charge in [-0.2, -0.15) is 5.26 Å². The van der Waals surface area contributed by atoms with E-state index in [2.05, 4.69) is 29.9 Å². The summed E-state index contributed by atoms with van der Waals surface area (Å²) in [5.41, 5.74) is 2.74. The predicted octanol–water partition coefficient (Wildman–Crippen LogP) is 4.89. The fraction of sp³-hybridized carbons (Fsp3) is 0.200. The number of para-hydroxylation sites is 1. The molecule has 0 bridgehead atoms. The lowest BCUT2D eigenvalue weighted by molar-refractivity contribution is 0.337. The largest absolute Gasteiger partial charge is 0.356 e. The highest BCUT2D eigenvalue weighted by molar-refractivity contribution is 5.84. The highest BCUT2D eigenvalue weighted by atomic mass is 16.6. The number of oxime groups is 1. The quantitative estimate of drug-likeness (QED) is 0.396. The van der Waals surface area contributed by atoms with Gasteiger partial charge in [-0.05, 0) is 43.4 Å². The summed E-state index contributed by atoms with van der Waals surface area (Å²) in [6, 6.07) is 19.5. The highest BCUT2D eigenvalue weighted by Gasteiger charge is 2.05. The summed E-state index contributed by atoms with van der Waals surface area (Å²) < 4.78 is 0.